The van der Waals surface area contributed by atoms with Crippen LogP contribution in [0.1, 0.15) is 0 Å². The van der Waals surface area contributed by atoms with Crippen LogP contribution in [-0.4, -0.2) is 9.13 Å². The van der Waals surface area contributed by atoms with Crippen molar-refractivity contribution in [3.05, 3.63) is 218 Å². The molecule has 58 heavy (non-hydrogen) atoms. The van der Waals surface area contributed by atoms with Crippen LogP contribution < -0.4 is 0 Å². The van der Waals surface area contributed by atoms with E-state index in [1.54, 1.807) is 0 Å². The summed E-state index contributed by atoms with van der Waals surface area (Å²) in [5, 5.41) is 10.0. The van der Waals surface area contributed by atoms with Crippen molar-refractivity contribution in [2.24, 2.45) is 0 Å². The van der Waals surface area contributed by atoms with Crippen LogP contribution in [0.5, 0.6) is 0 Å². The van der Waals surface area contributed by atoms with E-state index in [2.05, 4.69) is 228 Å². The summed E-state index contributed by atoms with van der Waals surface area (Å²) in [6.45, 7) is 0. The molecule has 0 radical (unpaired) electrons. The summed E-state index contributed by atoms with van der Waals surface area (Å²) < 4.78 is 4.97. The Balaban J connectivity index is 1.16. The second-order valence-corrected chi connectivity index (χ2v) is 15.3. The number of benzene rings is 10. The van der Waals surface area contributed by atoms with Crippen molar-refractivity contribution < 1.29 is 0 Å². The number of hydrogen-bond acceptors (Lipinski definition) is 0. The van der Waals surface area contributed by atoms with Crippen LogP contribution in [-0.2, 0) is 0 Å². The molecule has 0 amide bonds. The fraction of sp³-hybridized carbons (Fsp3) is 0. The van der Waals surface area contributed by atoms with Crippen LogP contribution >= 0.6 is 0 Å². The Labute approximate surface area is 336 Å². The summed E-state index contributed by atoms with van der Waals surface area (Å²) in [6, 6.07) is 80.0. The number of rotatable bonds is 5. The van der Waals surface area contributed by atoms with Gasteiger partial charge in [0, 0.05) is 32.8 Å². The van der Waals surface area contributed by atoms with Crippen LogP contribution in [0.25, 0.3) is 110 Å². The van der Waals surface area contributed by atoms with Gasteiger partial charge in [0.1, 0.15) is 0 Å². The first-order valence-electron chi connectivity index (χ1n) is 20.0. The van der Waals surface area contributed by atoms with Gasteiger partial charge < -0.3 is 9.13 Å². The summed E-state index contributed by atoms with van der Waals surface area (Å²) in [4.78, 5) is 0. The van der Waals surface area contributed by atoms with E-state index in [1.807, 2.05) is 0 Å². The Hall–Kier alpha value is -7.68. The summed E-state index contributed by atoms with van der Waals surface area (Å²) in [6.07, 6.45) is 0. The van der Waals surface area contributed by atoms with Gasteiger partial charge in [-0.1, -0.05) is 170 Å². The van der Waals surface area contributed by atoms with E-state index in [1.165, 1.54) is 98.5 Å². The molecule has 0 N–H and O–H groups in total. The zero-order valence-corrected chi connectivity index (χ0v) is 31.7. The van der Waals surface area contributed by atoms with Gasteiger partial charge in [0.15, 0.2) is 0 Å². The van der Waals surface area contributed by atoms with Crippen LogP contribution in [0.3, 0.4) is 0 Å². The van der Waals surface area contributed by atoms with E-state index in [4.69, 9.17) is 0 Å². The molecule has 0 bridgehead atoms. The molecule has 0 spiro atoms. The van der Waals surface area contributed by atoms with Crippen molar-refractivity contribution in [3.63, 3.8) is 0 Å². The maximum atomic E-state index is 2.51. The smallest absolute Gasteiger partial charge is 0.0562 e. The molecule has 12 aromatic rings. The minimum Gasteiger partial charge on any atom is -0.309 e. The number of hydrogen-bond donors (Lipinski definition) is 0. The molecule has 0 aliphatic rings. The highest BCUT2D eigenvalue weighted by molar-refractivity contribution is 6.25. The third kappa shape index (κ3) is 4.99. The Bertz CT molecular complexity index is 3530. The standard InChI is InChI=1S/C56H36N2/c1-3-14-37(15-4-1)42-29-32-52(48(34-42)39-16-5-2-6-17-39)58-53-33-28-40-19-8-10-22-46(40)56(53)50-35-49-47-23-11-12-25-51(47)57(54(49)36-55(50)58)43-30-26-41(27-31-43)45-24-13-20-38-18-7-9-21-44(38)45/h1-36H. The van der Waals surface area contributed by atoms with Gasteiger partial charge in [0.25, 0.3) is 0 Å². The highest BCUT2D eigenvalue weighted by atomic mass is 15.0. The minimum absolute atomic E-state index is 1.14. The largest absolute Gasteiger partial charge is 0.309 e. The molecule has 0 aliphatic carbocycles. The summed E-state index contributed by atoms with van der Waals surface area (Å²) >= 11 is 0. The van der Waals surface area contributed by atoms with Gasteiger partial charge in [-0.2, -0.15) is 0 Å². The van der Waals surface area contributed by atoms with Crippen LogP contribution in [0.15, 0.2) is 218 Å². The topological polar surface area (TPSA) is 9.86 Å². The van der Waals surface area contributed by atoms with E-state index in [0.29, 0.717) is 0 Å². The van der Waals surface area contributed by atoms with Crippen molar-refractivity contribution in [2.45, 2.75) is 0 Å². The van der Waals surface area contributed by atoms with Gasteiger partial charge in [-0.15, -0.1) is 0 Å². The molecule has 0 saturated carbocycles. The molecule has 2 heteroatoms. The Morgan fingerprint density at radius 1 is 0.259 bits per heavy atom. The van der Waals surface area contributed by atoms with Crippen LogP contribution in [0, 0.1) is 0 Å². The zero-order valence-electron chi connectivity index (χ0n) is 31.7. The predicted octanol–water partition coefficient (Wildman–Crippen LogP) is 15.2. The van der Waals surface area contributed by atoms with Crippen molar-refractivity contribution in [2.75, 3.05) is 0 Å². The third-order valence-corrected chi connectivity index (χ3v) is 12.1. The molecule has 10 aromatic carbocycles. The third-order valence-electron chi connectivity index (χ3n) is 12.1. The van der Waals surface area contributed by atoms with E-state index < -0.39 is 0 Å². The second-order valence-electron chi connectivity index (χ2n) is 15.3. The highest BCUT2D eigenvalue weighted by Crippen LogP contribution is 2.44. The van der Waals surface area contributed by atoms with Crippen molar-refractivity contribution in [1.29, 1.82) is 0 Å². The molecular weight excluding hydrogens is 701 g/mol. The van der Waals surface area contributed by atoms with Crippen molar-refractivity contribution in [3.8, 4) is 44.8 Å². The van der Waals surface area contributed by atoms with Crippen molar-refractivity contribution in [1.82, 2.24) is 9.13 Å². The van der Waals surface area contributed by atoms with Crippen LogP contribution in [0.2, 0.25) is 0 Å². The maximum Gasteiger partial charge on any atom is 0.0562 e. The summed E-state index contributed by atoms with van der Waals surface area (Å²) in [5.74, 6) is 0. The predicted molar refractivity (Wildman–Crippen MR) is 246 cm³/mol. The SMILES string of the molecule is c1ccc(-c2ccc(-n3c4cc5c(cc4c4c6ccccc6ccc43)c3ccccc3n5-c3ccc(-c4cccc5ccccc45)cc3)c(-c3ccccc3)c2)cc1. The Morgan fingerprint density at radius 3 is 1.66 bits per heavy atom. The molecule has 0 aliphatic heterocycles. The van der Waals surface area contributed by atoms with E-state index in [-0.39, 0.29) is 0 Å². The monoisotopic (exact) mass is 736 g/mol. The number of fused-ring (bicyclic) bond motifs is 9. The Morgan fingerprint density at radius 2 is 0.862 bits per heavy atom. The quantitative estimate of drug-likeness (QED) is 0.167. The molecule has 12 rings (SSSR count). The highest BCUT2D eigenvalue weighted by Gasteiger charge is 2.22. The second kappa shape index (κ2) is 12.9. The average Bonchev–Trinajstić information content (AvgIpc) is 3.80. The van der Waals surface area contributed by atoms with E-state index in [0.717, 1.165) is 11.4 Å². The maximum absolute atomic E-state index is 2.51. The lowest BCUT2D eigenvalue weighted by molar-refractivity contribution is 1.17. The van der Waals surface area contributed by atoms with Gasteiger partial charge in [-0.25, -0.2) is 0 Å². The number of aromatic nitrogens is 2. The van der Waals surface area contributed by atoms with Gasteiger partial charge in [-0.05, 0) is 97.9 Å². The molecule has 0 fully saturated rings. The summed E-state index contributed by atoms with van der Waals surface area (Å²) in [5.41, 5.74) is 14.3. The molecule has 0 saturated heterocycles. The molecule has 2 heterocycles. The zero-order chi connectivity index (χ0) is 38.2. The fourth-order valence-electron chi connectivity index (χ4n) is 9.44. The van der Waals surface area contributed by atoms with E-state index in [9.17, 15) is 0 Å². The molecular formula is C56H36N2. The molecule has 0 atom stereocenters. The number of nitrogens with zero attached hydrogens (tertiary/aromatic N) is 2. The number of para-hydroxylation sites is 1. The van der Waals surface area contributed by atoms with Gasteiger partial charge in [0.05, 0.1) is 27.8 Å². The first kappa shape index (κ1) is 32.6. The molecule has 2 aromatic heterocycles. The molecule has 270 valence electrons. The van der Waals surface area contributed by atoms with E-state index >= 15 is 0 Å². The van der Waals surface area contributed by atoms with Crippen molar-refractivity contribution >= 4 is 65.2 Å². The summed E-state index contributed by atoms with van der Waals surface area (Å²) in [7, 11) is 0. The van der Waals surface area contributed by atoms with Gasteiger partial charge >= 0.3 is 0 Å². The van der Waals surface area contributed by atoms with Gasteiger partial charge in [0.2, 0.25) is 0 Å². The first-order valence-corrected chi connectivity index (χ1v) is 20.0. The molecule has 2 nitrogen and oxygen atoms in total. The lowest BCUT2D eigenvalue weighted by Gasteiger charge is -2.16. The lowest BCUT2D eigenvalue weighted by Crippen LogP contribution is -1.99. The van der Waals surface area contributed by atoms with Crippen LogP contribution in [0.4, 0.5) is 0 Å². The normalized spacial score (nSPS) is 11.8. The fourth-order valence-corrected chi connectivity index (χ4v) is 9.44. The first-order chi connectivity index (χ1) is 28.8. The Kier molecular flexibility index (Phi) is 7.26. The average molecular weight is 737 g/mol. The minimum atomic E-state index is 1.14. The molecule has 0 unspecified atom stereocenters. The van der Waals surface area contributed by atoms with Gasteiger partial charge in [-0.3, -0.25) is 0 Å². The lowest BCUT2D eigenvalue weighted by atomic mass is 9.97.